The molecule has 1 nitrogen and oxygen atoms in total. The zero-order valence-corrected chi connectivity index (χ0v) is 8.95. The Labute approximate surface area is 86.8 Å². The molecule has 0 atom stereocenters. The van der Waals surface area contributed by atoms with Gasteiger partial charge in [-0.2, -0.15) is 0 Å². The molecule has 0 amide bonds. The Bertz CT molecular complexity index is 265. The maximum Gasteiger partial charge on any atom is -0.00159 e. The quantitative estimate of drug-likeness (QED) is 0.613. The maximum absolute atomic E-state index is 2.42. The first-order valence-electron chi connectivity index (χ1n) is 5.58. The normalized spacial score (nSPS) is 24.8. The number of hydrogen-bond acceptors (Lipinski definition) is 1. The Morgan fingerprint density at radius 1 is 1.21 bits per heavy atom. The molecule has 76 valence electrons. The molecule has 0 aromatic carbocycles. The Kier molecular flexibility index (Phi) is 3.20. The molecule has 0 unspecified atom stereocenters. The van der Waals surface area contributed by atoms with Gasteiger partial charge in [-0.05, 0) is 50.9 Å². The lowest BCUT2D eigenvalue weighted by atomic mass is 9.89. The molecule has 0 radical (unpaired) electrons. The van der Waals surface area contributed by atoms with Crippen LogP contribution < -0.4 is 0 Å². The Balaban J connectivity index is 2.00. The molecule has 0 saturated carbocycles. The minimum absolute atomic E-state index is 0.796. The third kappa shape index (κ3) is 2.36. The van der Waals surface area contributed by atoms with Crippen LogP contribution in [0.15, 0.2) is 36.0 Å². The van der Waals surface area contributed by atoms with E-state index in [0.29, 0.717) is 0 Å². The Morgan fingerprint density at radius 3 is 2.79 bits per heavy atom. The highest BCUT2D eigenvalue weighted by Crippen LogP contribution is 2.25. The van der Waals surface area contributed by atoms with Gasteiger partial charge in [-0.15, -0.1) is 0 Å². The fraction of sp³-hybridized carbons (Fsp3) is 0.538. The van der Waals surface area contributed by atoms with Crippen molar-refractivity contribution in [2.24, 2.45) is 5.92 Å². The van der Waals surface area contributed by atoms with Crippen LogP contribution in [0.3, 0.4) is 0 Å². The second kappa shape index (κ2) is 4.61. The van der Waals surface area contributed by atoms with Gasteiger partial charge < -0.3 is 4.90 Å². The summed E-state index contributed by atoms with van der Waals surface area (Å²) in [6.07, 6.45) is 15.0. The summed E-state index contributed by atoms with van der Waals surface area (Å²) in [5.74, 6) is 0.796. The summed E-state index contributed by atoms with van der Waals surface area (Å²) in [6, 6.07) is 0. The van der Waals surface area contributed by atoms with Gasteiger partial charge in [0.25, 0.3) is 0 Å². The molecule has 0 aromatic rings. The predicted octanol–water partition coefficient (Wildman–Crippen LogP) is 2.77. The van der Waals surface area contributed by atoms with Crippen LogP contribution in [0.4, 0.5) is 0 Å². The fourth-order valence-electron chi connectivity index (χ4n) is 2.21. The number of likely N-dealkylation sites (tertiary alicyclic amines) is 1. The van der Waals surface area contributed by atoms with E-state index in [1.54, 1.807) is 0 Å². The van der Waals surface area contributed by atoms with E-state index in [9.17, 15) is 0 Å². The topological polar surface area (TPSA) is 3.24 Å². The van der Waals surface area contributed by atoms with E-state index in [4.69, 9.17) is 0 Å². The van der Waals surface area contributed by atoms with Crippen LogP contribution in [-0.2, 0) is 0 Å². The van der Waals surface area contributed by atoms with Gasteiger partial charge in [0.15, 0.2) is 0 Å². The van der Waals surface area contributed by atoms with Gasteiger partial charge in [0, 0.05) is 0 Å². The van der Waals surface area contributed by atoms with Crippen molar-refractivity contribution in [3.8, 4) is 0 Å². The number of nitrogens with zero attached hydrogens (tertiary/aromatic N) is 1. The lowest BCUT2D eigenvalue weighted by molar-refractivity contribution is 0.240. The van der Waals surface area contributed by atoms with Crippen LogP contribution in [0, 0.1) is 5.92 Å². The van der Waals surface area contributed by atoms with Gasteiger partial charge in [-0.25, -0.2) is 0 Å². The summed E-state index contributed by atoms with van der Waals surface area (Å²) >= 11 is 0. The summed E-state index contributed by atoms with van der Waals surface area (Å²) in [5.41, 5.74) is 1.53. The largest absolute Gasteiger partial charge is 0.306 e. The van der Waals surface area contributed by atoms with Gasteiger partial charge in [0.05, 0.1) is 0 Å². The van der Waals surface area contributed by atoms with Crippen LogP contribution in [0.2, 0.25) is 0 Å². The predicted molar refractivity (Wildman–Crippen MR) is 61.2 cm³/mol. The molecule has 0 bridgehead atoms. The standard InChI is InChI=1S/C13H19N/c1-14-10-8-13(9-11-14)12-6-4-2-3-5-7-12/h2,4-7,13H,3,8-11H2,1H3. The summed E-state index contributed by atoms with van der Waals surface area (Å²) in [6.45, 7) is 2.50. The van der Waals surface area contributed by atoms with Crippen LogP contribution in [0.5, 0.6) is 0 Å². The molecule has 0 spiro atoms. The first kappa shape index (κ1) is 9.72. The van der Waals surface area contributed by atoms with Crippen molar-refractivity contribution in [3.05, 3.63) is 36.0 Å². The lowest BCUT2D eigenvalue weighted by Crippen LogP contribution is -2.30. The van der Waals surface area contributed by atoms with Gasteiger partial charge in [0.1, 0.15) is 0 Å². The summed E-state index contributed by atoms with van der Waals surface area (Å²) in [5, 5.41) is 0. The molecule has 1 saturated heterocycles. The molecule has 0 N–H and O–H groups in total. The summed E-state index contributed by atoms with van der Waals surface area (Å²) in [7, 11) is 2.22. The molecule has 1 aliphatic heterocycles. The van der Waals surface area contributed by atoms with E-state index in [1.165, 1.54) is 31.5 Å². The van der Waals surface area contributed by atoms with Gasteiger partial charge in [-0.1, -0.05) is 30.4 Å². The van der Waals surface area contributed by atoms with Crippen molar-refractivity contribution >= 4 is 0 Å². The smallest absolute Gasteiger partial charge is 0.00159 e. The lowest BCUT2D eigenvalue weighted by Gasteiger charge is -2.29. The number of allylic oxidation sites excluding steroid dienone is 6. The van der Waals surface area contributed by atoms with E-state index in [2.05, 4.69) is 42.3 Å². The molecule has 2 rings (SSSR count). The van der Waals surface area contributed by atoms with E-state index < -0.39 is 0 Å². The van der Waals surface area contributed by atoms with Crippen molar-refractivity contribution in [3.63, 3.8) is 0 Å². The monoisotopic (exact) mass is 189 g/mol. The van der Waals surface area contributed by atoms with Crippen molar-refractivity contribution in [2.45, 2.75) is 19.3 Å². The first-order valence-corrected chi connectivity index (χ1v) is 5.58. The second-order valence-electron chi connectivity index (χ2n) is 4.31. The highest BCUT2D eigenvalue weighted by Gasteiger charge is 2.18. The number of hydrogen-bond donors (Lipinski definition) is 0. The van der Waals surface area contributed by atoms with Crippen LogP contribution in [0.25, 0.3) is 0 Å². The highest BCUT2D eigenvalue weighted by atomic mass is 15.1. The Morgan fingerprint density at radius 2 is 2.00 bits per heavy atom. The number of rotatable bonds is 1. The fourth-order valence-corrected chi connectivity index (χ4v) is 2.21. The zero-order valence-electron chi connectivity index (χ0n) is 8.95. The molecule has 1 fully saturated rings. The van der Waals surface area contributed by atoms with E-state index in [1.807, 2.05) is 0 Å². The third-order valence-corrected chi connectivity index (χ3v) is 3.20. The molecule has 2 aliphatic rings. The summed E-state index contributed by atoms with van der Waals surface area (Å²) < 4.78 is 0. The zero-order chi connectivity index (χ0) is 9.80. The van der Waals surface area contributed by atoms with E-state index in [-0.39, 0.29) is 0 Å². The molecule has 1 heterocycles. The third-order valence-electron chi connectivity index (χ3n) is 3.20. The molecule has 14 heavy (non-hydrogen) atoms. The molecule has 0 aromatic heterocycles. The van der Waals surface area contributed by atoms with Crippen molar-refractivity contribution in [1.82, 2.24) is 4.90 Å². The SMILES string of the molecule is CN1CCC(C2=CC=CCC=C2)CC1. The van der Waals surface area contributed by atoms with E-state index >= 15 is 0 Å². The molecule has 1 heteroatoms. The molecular weight excluding hydrogens is 170 g/mol. The average Bonchev–Trinajstić information content (AvgIpc) is 2.47. The Hall–Kier alpha value is -0.820. The number of piperidine rings is 1. The van der Waals surface area contributed by atoms with Crippen LogP contribution in [0.1, 0.15) is 19.3 Å². The maximum atomic E-state index is 2.42. The molecular formula is C13H19N. The minimum Gasteiger partial charge on any atom is -0.306 e. The second-order valence-corrected chi connectivity index (χ2v) is 4.31. The van der Waals surface area contributed by atoms with Gasteiger partial charge >= 0.3 is 0 Å². The van der Waals surface area contributed by atoms with Crippen molar-refractivity contribution in [2.75, 3.05) is 20.1 Å². The minimum atomic E-state index is 0.796. The van der Waals surface area contributed by atoms with Gasteiger partial charge in [-0.3, -0.25) is 0 Å². The van der Waals surface area contributed by atoms with Gasteiger partial charge in [0.2, 0.25) is 0 Å². The highest BCUT2D eigenvalue weighted by molar-refractivity contribution is 5.29. The van der Waals surface area contributed by atoms with Crippen molar-refractivity contribution < 1.29 is 0 Å². The molecule has 1 aliphatic carbocycles. The summed E-state index contributed by atoms with van der Waals surface area (Å²) in [4.78, 5) is 2.42. The van der Waals surface area contributed by atoms with Crippen LogP contribution in [-0.4, -0.2) is 25.0 Å². The van der Waals surface area contributed by atoms with E-state index in [0.717, 1.165) is 12.3 Å². The first-order chi connectivity index (χ1) is 6.86. The average molecular weight is 189 g/mol. The van der Waals surface area contributed by atoms with Crippen molar-refractivity contribution in [1.29, 1.82) is 0 Å². The van der Waals surface area contributed by atoms with Crippen LogP contribution >= 0.6 is 0 Å².